The number of hydrogen-bond acceptors (Lipinski definition) is 3. The van der Waals surface area contributed by atoms with Gasteiger partial charge in [0.15, 0.2) is 11.6 Å². The van der Waals surface area contributed by atoms with Crippen LogP contribution in [0.25, 0.3) is 0 Å². The van der Waals surface area contributed by atoms with Gasteiger partial charge in [0.1, 0.15) is 0 Å². The summed E-state index contributed by atoms with van der Waals surface area (Å²) in [6, 6.07) is 9.93. The average Bonchev–Trinajstić information content (AvgIpc) is 2.87. The molecule has 0 unspecified atom stereocenters. The van der Waals surface area contributed by atoms with Crippen LogP contribution in [0.1, 0.15) is 31.8 Å². The van der Waals surface area contributed by atoms with E-state index >= 15 is 4.39 Å². The zero-order valence-electron chi connectivity index (χ0n) is 20.8. The molecule has 1 N–H and O–H groups in total. The summed E-state index contributed by atoms with van der Waals surface area (Å²) >= 11 is 2.37. The Balaban J connectivity index is 2.02. The number of anilines is 2. The number of hydrogen-bond donors (Lipinski definition) is 1. The molecule has 0 fully saturated rings. The molecular formula is C26H16BrF11N2O2. The van der Waals surface area contributed by atoms with Gasteiger partial charge >= 0.3 is 24.2 Å². The summed E-state index contributed by atoms with van der Waals surface area (Å²) in [6.07, 6.45) is -19.1. The summed E-state index contributed by atoms with van der Waals surface area (Å²) in [5, 5.41) is 1.62. The maximum atomic E-state index is 15.3. The molecule has 3 rings (SSSR count). The number of amides is 1. The Kier molecular flexibility index (Phi) is 9.01. The van der Waals surface area contributed by atoms with Gasteiger partial charge in [-0.3, -0.25) is 9.59 Å². The highest BCUT2D eigenvalue weighted by Crippen LogP contribution is 2.55. The molecule has 0 bridgehead atoms. The van der Waals surface area contributed by atoms with Crippen molar-refractivity contribution in [1.82, 2.24) is 0 Å². The van der Waals surface area contributed by atoms with Crippen molar-refractivity contribution in [2.75, 3.05) is 23.8 Å². The first-order chi connectivity index (χ1) is 19.2. The lowest BCUT2D eigenvalue weighted by atomic mass is 9.92. The first-order valence-corrected chi connectivity index (χ1v) is 12.1. The quantitative estimate of drug-likeness (QED) is 0.202. The maximum absolute atomic E-state index is 15.3. The topological polar surface area (TPSA) is 49.4 Å². The Bertz CT molecular complexity index is 1470. The number of nitrogens with zero attached hydrogens (tertiary/aromatic N) is 1. The van der Waals surface area contributed by atoms with E-state index < -0.39 is 74.6 Å². The highest BCUT2D eigenvalue weighted by molar-refractivity contribution is 9.10. The lowest BCUT2D eigenvalue weighted by Gasteiger charge is -2.31. The Labute approximate surface area is 238 Å². The van der Waals surface area contributed by atoms with Crippen molar-refractivity contribution in [2.45, 2.75) is 24.2 Å². The number of carbonyl (C=O) groups excluding carboxylic acids is 2. The predicted octanol–water partition coefficient (Wildman–Crippen LogP) is 8.47. The number of carbonyl (C=O) groups is 2. The summed E-state index contributed by atoms with van der Waals surface area (Å²) < 4.78 is 149. The van der Waals surface area contributed by atoms with Crippen LogP contribution in [0, 0.1) is 5.82 Å². The van der Waals surface area contributed by atoms with Crippen LogP contribution < -0.4 is 10.2 Å². The predicted molar refractivity (Wildman–Crippen MR) is 132 cm³/mol. The fraction of sp³-hybridized carbons (Fsp3) is 0.231. The zero-order chi connectivity index (χ0) is 31.8. The molecule has 1 amide bonds. The number of likely N-dealkylation sites (N-methyl/N-ethyl adjacent to an activating group) is 1. The molecule has 0 aliphatic rings. The van der Waals surface area contributed by atoms with E-state index in [-0.39, 0.29) is 23.9 Å². The monoisotopic (exact) mass is 676 g/mol. The number of Topliss-reactive ketones (excluding diaryl/α,β-unsaturated/α-hetero) is 1. The minimum absolute atomic E-state index is 0.221. The first kappa shape index (κ1) is 32.8. The van der Waals surface area contributed by atoms with Gasteiger partial charge in [-0.25, -0.2) is 8.78 Å². The summed E-state index contributed by atoms with van der Waals surface area (Å²) in [5.41, 5.74) is -13.3. The second kappa shape index (κ2) is 11.5. The van der Waals surface area contributed by atoms with Gasteiger partial charge < -0.3 is 10.2 Å². The minimum Gasteiger partial charge on any atom is -0.365 e. The number of nitrogens with one attached hydrogen (secondary N) is 1. The van der Waals surface area contributed by atoms with E-state index in [4.69, 9.17) is 0 Å². The van der Waals surface area contributed by atoms with Crippen LogP contribution in [0.4, 0.5) is 59.7 Å². The van der Waals surface area contributed by atoms with Gasteiger partial charge in [0.2, 0.25) is 0 Å². The molecule has 0 saturated carbocycles. The van der Waals surface area contributed by atoms with Gasteiger partial charge in [-0.05, 0) is 40.2 Å². The number of halogens is 12. The van der Waals surface area contributed by atoms with Gasteiger partial charge in [-0.1, -0.05) is 36.4 Å². The van der Waals surface area contributed by atoms with Crippen LogP contribution >= 0.6 is 15.9 Å². The number of alkyl halides is 10. The number of ketones is 1. The van der Waals surface area contributed by atoms with E-state index in [9.17, 15) is 53.5 Å². The van der Waals surface area contributed by atoms with Gasteiger partial charge in [0.25, 0.3) is 5.91 Å². The van der Waals surface area contributed by atoms with Crippen LogP contribution in [0.15, 0.2) is 65.1 Å². The van der Waals surface area contributed by atoms with Crippen molar-refractivity contribution in [2.24, 2.45) is 0 Å². The van der Waals surface area contributed by atoms with Crippen molar-refractivity contribution >= 4 is 39.0 Å². The zero-order valence-corrected chi connectivity index (χ0v) is 22.4. The molecule has 0 radical (unpaired) electrons. The second-order valence-corrected chi connectivity index (χ2v) is 9.62. The van der Waals surface area contributed by atoms with Crippen LogP contribution in [0.5, 0.6) is 0 Å². The summed E-state index contributed by atoms with van der Waals surface area (Å²) in [4.78, 5) is 26.4. The SMILES string of the molecule is CN(CC(=O)c1ccccc1)c1cccc(C(=O)Nc2c(Br)cc(C(F)(C(F)(F)F)C(F)(F)F)cc2C(F)(F)F)c1F. The highest BCUT2D eigenvalue weighted by Gasteiger charge is 2.73. The summed E-state index contributed by atoms with van der Waals surface area (Å²) in [6.45, 7) is -0.388. The molecule has 0 aliphatic carbocycles. The normalized spacial score (nSPS) is 12.7. The van der Waals surface area contributed by atoms with E-state index in [1.807, 2.05) is 0 Å². The second-order valence-electron chi connectivity index (χ2n) is 8.77. The average molecular weight is 677 g/mol. The Morgan fingerprint density at radius 1 is 0.833 bits per heavy atom. The number of benzene rings is 3. The molecule has 3 aromatic carbocycles. The molecule has 0 heterocycles. The van der Waals surface area contributed by atoms with Crippen LogP contribution in [0.2, 0.25) is 0 Å². The smallest absolute Gasteiger partial charge is 0.365 e. The first-order valence-electron chi connectivity index (χ1n) is 11.3. The van der Waals surface area contributed by atoms with E-state index in [0.717, 1.165) is 23.1 Å². The van der Waals surface area contributed by atoms with Crippen molar-refractivity contribution in [1.29, 1.82) is 0 Å². The molecule has 226 valence electrons. The standard InChI is InChI=1S/C26H16BrF11N2O2/c1-40(12-19(41)13-6-3-2-4-7-13)18-9-5-8-15(20(18)28)22(42)39-21-16(24(30,31)32)10-14(11-17(21)27)23(29,25(33,34)35)26(36,37)38/h2-11H,12H2,1H3,(H,39,42). The molecule has 0 atom stereocenters. The van der Waals surface area contributed by atoms with E-state index in [1.165, 1.54) is 19.2 Å². The van der Waals surface area contributed by atoms with E-state index in [2.05, 4.69) is 15.9 Å². The highest BCUT2D eigenvalue weighted by atomic mass is 79.9. The molecule has 0 aliphatic heterocycles. The van der Waals surface area contributed by atoms with Crippen molar-refractivity contribution in [3.05, 3.63) is 93.2 Å². The Morgan fingerprint density at radius 3 is 1.93 bits per heavy atom. The van der Waals surface area contributed by atoms with Crippen LogP contribution in [-0.4, -0.2) is 37.6 Å². The summed E-state index contributed by atoms with van der Waals surface area (Å²) in [7, 11) is 1.28. The number of rotatable bonds is 7. The lowest BCUT2D eigenvalue weighted by molar-refractivity contribution is -0.348. The largest absolute Gasteiger partial charge is 0.435 e. The Hall–Kier alpha value is -3.69. The summed E-state index contributed by atoms with van der Waals surface area (Å²) in [5.74, 6) is -3.35. The third-order valence-electron chi connectivity index (χ3n) is 5.92. The van der Waals surface area contributed by atoms with E-state index in [1.54, 1.807) is 23.5 Å². The maximum Gasteiger partial charge on any atom is 0.435 e. The van der Waals surface area contributed by atoms with Gasteiger partial charge in [-0.2, -0.15) is 39.5 Å². The van der Waals surface area contributed by atoms with Gasteiger partial charge in [0, 0.05) is 22.6 Å². The third-order valence-corrected chi connectivity index (χ3v) is 6.55. The van der Waals surface area contributed by atoms with E-state index in [0.29, 0.717) is 0 Å². The van der Waals surface area contributed by atoms with Crippen molar-refractivity contribution in [3.8, 4) is 0 Å². The van der Waals surface area contributed by atoms with Crippen molar-refractivity contribution < 1.29 is 57.9 Å². The fourth-order valence-electron chi connectivity index (χ4n) is 3.83. The molecule has 42 heavy (non-hydrogen) atoms. The lowest BCUT2D eigenvalue weighted by Crippen LogP contribution is -2.50. The molecule has 4 nitrogen and oxygen atoms in total. The molecule has 0 aromatic heterocycles. The molecule has 0 saturated heterocycles. The fourth-order valence-corrected chi connectivity index (χ4v) is 4.39. The van der Waals surface area contributed by atoms with Gasteiger partial charge in [0.05, 0.1) is 29.0 Å². The molecule has 16 heteroatoms. The third kappa shape index (κ3) is 6.37. The molecule has 0 spiro atoms. The van der Waals surface area contributed by atoms with Gasteiger partial charge in [-0.15, -0.1) is 0 Å². The Morgan fingerprint density at radius 2 is 1.40 bits per heavy atom. The molecular weight excluding hydrogens is 661 g/mol. The van der Waals surface area contributed by atoms with Crippen LogP contribution in [-0.2, 0) is 11.8 Å². The molecule has 3 aromatic rings. The minimum atomic E-state index is -6.71. The van der Waals surface area contributed by atoms with Crippen molar-refractivity contribution in [3.63, 3.8) is 0 Å². The van der Waals surface area contributed by atoms with Crippen LogP contribution in [0.3, 0.4) is 0 Å².